The minimum Gasteiger partial charge on any atom is -0.494 e. The van der Waals surface area contributed by atoms with E-state index in [4.69, 9.17) is 4.74 Å². The molecule has 4 aromatic rings. The lowest BCUT2D eigenvalue weighted by Gasteiger charge is -2.33. The molecule has 1 N–H and O–H groups in total. The van der Waals surface area contributed by atoms with E-state index in [2.05, 4.69) is 5.32 Å². The number of aryl methyl sites for hydroxylation is 1. The van der Waals surface area contributed by atoms with Crippen LogP contribution in [0.4, 0.5) is 10.1 Å². The molecule has 44 heavy (non-hydrogen) atoms. The molecule has 230 valence electrons. The van der Waals surface area contributed by atoms with E-state index in [1.165, 1.54) is 48.3 Å². The summed E-state index contributed by atoms with van der Waals surface area (Å²) >= 11 is 0. The number of sulfonamides is 1. The van der Waals surface area contributed by atoms with Gasteiger partial charge in [-0.25, -0.2) is 12.8 Å². The zero-order valence-electron chi connectivity index (χ0n) is 24.9. The summed E-state index contributed by atoms with van der Waals surface area (Å²) in [5, 5.41) is 2.66. The molecule has 0 saturated heterocycles. The molecular weight excluding hydrogens is 581 g/mol. The Bertz CT molecular complexity index is 1650. The van der Waals surface area contributed by atoms with Crippen molar-refractivity contribution in [3.63, 3.8) is 0 Å². The van der Waals surface area contributed by atoms with E-state index in [0.29, 0.717) is 12.4 Å². The molecular formula is C34H36FN3O5S. The first kappa shape index (κ1) is 32.2. The molecule has 0 aliphatic heterocycles. The van der Waals surface area contributed by atoms with E-state index < -0.39 is 40.2 Å². The average molecular weight is 618 g/mol. The van der Waals surface area contributed by atoms with Gasteiger partial charge in [0.2, 0.25) is 11.8 Å². The van der Waals surface area contributed by atoms with E-state index in [0.717, 1.165) is 33.1 Å². The van der Waals surface area contributed by atoms with Crippen LogP contribution in [0.1, 0.15) is 23.6 Å². The SMILES string of the molecule is CCOc1ccc(S(=O)(=O)N(CC(=O)N(Cc2ccc(C)cc2)C(Cc2ccccc2)C(=O)NC)c2ccc(F)cc2)cc1. The first-order valence-corrected chi connectivity index (χ1v) is 15.7. The monoisotopic (exact) mass is 617 g/mol. The zero-order chi connectivity index (χ0) is 31.7. The van der Waals surface area contributed by atoms with Gasteiger partial charge in [0.05, 0.1) is 17.2 Å². The third kappa shape index (κ3) is 8.02. The zero-order valence-corrected chi connectivity index (χ0v) is 25.8. The molecule has 0 aromatic heterocycles. The molecule has 0 heterocycles. The van der Waals surface area contributed by atoms with E-state index in [1.807, 2.05) is 68.4 Å². The van der Waals surface area contributed by atoms with Crippen molar-refractivity contribution < 1.29 is 27.1 Å². The number of rotatable bonds is 13. The second kappa shape index (κ2) is 14.7. The van der Waals surface area contributed by atoms with Crippen molar-refractivity contribution in [1.29, 1.82) is 0 Å². The van der Waals surface area contributed by atoms with Gasteiger partial charge in [-0.2, -0.15) is 0 Å². The van der Waals surface area contributed by atoms with Crippen LogP contribution >= 0.6 is 0 Å². The number of halogens is 1. The average Bonchev–Trinajstić information content (AvgIpc) is 3.03. The van der Waals surface area contributed by atoms with Gasteiger partial charge in [0.15, 0.2) is 0 Å². The summed E-state index contributed by atoms with van der Waals surface area (Å²) < 4.78 is 48.3. The number of hydrogen-bond acceptors (Lipinski definition) is 5. The fourth-order valence-electron chi connectivity index (χ4n) is 4.75. The molecule has 4 aromatic carbocycles. The van der Waals surface area contributed by atoms with Crippen molar-refractivity contribution in [2.75, 3.05) is 24.5 Å². The maximum atomic E-state index is 14.3. The second-order valence-corrected chi connectivity index (χ2v) is 12.1. The summed E-state index contributed by atoms with van der Waals surface area (Å²) in [5.41, 5.74) is 2.74. The summed E-state index contributed by atoms with van der Waals surface area (Å²) in [4.78, 5) is 28.9. The number of nitrogens with zero attached hydrogens (tertiary/aromatic N) is 2. The van der Waals surface area contributed by atoms with Crippen molar-refractivity contribution in [3.05, 3.63) is 126 Å². The lowest BCUT2D eigenvalue weighted by atomic mass is 10.0. The van der Waals surface area contributed by atoms with Gasteiger partial charge in [-0.1, -0.05) is 60.2 Å². The van der Waals surface area contributed by atoms with Crippen LogP contribution in [-0.2, 0) is 32.6 Å². The van der Waals surface area contributed by atoms with Gasteiger partial charge in [0.1, 0.15) is 24.2 Å². The van der Waals surface area contributed by atoms with Crippen LogP contribution in [0.5, 0.6) is 5.75 Å². The lowest BCUT2D eigenvalue weighted by Crippen LogP contribution is -2.53. The number of ether oxygens (including phenoxy) is 1. The Hall–Kier alpha value is -4.70. The maximum absolute atomic E-state index is 14.3. The van der Waals surface area contributed by atoms with Gasteiger partial charge in [-0.05, 0) is 73.5 Å². The topological polar surface area (TPSA) is 96.0 Å². The van der Waals surface area contributed by atoms with Crippen LogP contribution in [0.3, 0.4) is 0 Å². The summed E-state index contributed by atoms with van der Waals surface area (Å²) in [6, 6.07) is 26.6. The first-order chi connectivity index (χ1) is 21.1. The Morgan fingerprint density at radius 2 is 1.50 bits per heavy atom. The fraction of sp³-hybridized carbons (Fsp3) is 0.235. The normalized spacial score (nSPS) is 11.8. The van der Waals surface area contributed by atoms with E-state index in [-0.39, 0.29) is 23.5 Å². The highest BCUT2D eigenvalue weighted by atomic mass is 32.2. The van der Waals surface area contributed by atoms with Crippen LogP contribution in [0.15, 0.2) is 108 Å². The number of hydrogen-bond donors (Lipinski definition) is 1. The van der Waals surface area contributed by atoms with Crippen LogP contribution in [-0.4, -0.2) is 51.4 Å². The Morgan fingerprint density at radius 1 is 0.864 bits per heavy atom. The standard InChI is InChI=1S/C34H36FN3O5S/c1-4-43-30-18-20-31(21-19-30)44(41,42)38(29-16-14-28(35)15-17-29)24-33(39)37(23-27-12-10-25(2)11-13-27)32(34(40)36-3)22-26-8-6-5-7-9-26/h5-21,32H,4,22-24H2,1-3H3,(H,36,40). The summed E-state index contributed by atoms with van der Waals surface area (Å²) in [6.45, 7) is 3.61. The number of benzene rings is 4. The van der Waals surface area contributed by atoms with Crippen molar-refractivity contribution in [2.45, 2.75) is 37.8 Å². The van der Waals surface area contributed by atoms with E-state index in [1.54, 1.807) is 0 Å². The Labute approximate surface area is 258 Å². The van der Waals surface area contributed by atoms with Crippen LogP contribution in [0, 0.1) is 12.7 Å². The minimum absolute atomic E-state index is 0.0599. The largest absolute Gasteiger partial charge is 0.494 e. The third-order valence-electron chi connectivity index (χ3n) is 7.11. The van der Waals surface area contributed by atoms with Crippen molar-refractivity contribution in [1.82, 2.24) is 10.2 Å². The van der Waals surface area contributed by atoms with Gasteiger partial charge in [0.25, 0.3) is 10.0 Å². The molecule has 0 aliphatic carbocycles. The molecule has 0 saturated carbocycles. The molecule has 0 bridgehead atoms. The molecule has 0 fully saturated rings. The number of carbonyl (C=O) groups is 2. The first-order valence-electron chi connectivity index (χ1n) is 14.2. The predicted molar refractivity (Wildman–Crippen MR) is 168 cm³/mol. The van der Waals surface area contributed by atoms with Crippen molar-refractivity contribution >= 4 is 27.5 Å². The van der Waals surface area contributed by atoms with Crippen molar-refractivity contribution in [2.24, 2.45) is 0 Å². The fourth-order valence-corrected chi connectivity index (χ4v) is 6.16. The summed E-state index contributed by atoms with van der Waals surface area (Å²) in [6.07, 6.45) is 0.209. The number of likely N-dealkylation sites (N-methyl/N-ethyl adjacent to an activating group) is 1. The molecule has 1 atom stereocenters. The van der Waals surface area contributed by atoms with Gasteiger partial charge in [-0.3, -0.25) is 13.9 Å². The smallest absolute Gasteiger partial charge is 0.264 e. The lowest BCUT2D eigenvalue weighted by molar-refractivity contribution is -0.139. The number of nitrogens with one attached hydrogen (secondary N) is 1. The number of amides is 2. The highest BCUT2D eigenvalue weighted by molar-refractivity contribution is 7.92. The van der Waals surface area contributed by atoms with Crippen LogP contribution in [0.2, 0.25) is 0 Å². The molecule has 10 heteroatoms. The van der Waals surface area contributed by atoms with Gasteiger partial charge in [-0.15, -0.1) is 0 Å². The maximum Gasteiger partial charge on any atom is 0.264 e. The molecule has 8 nitrogen and oxygen atoms in total. The Balaban J connectivity index is 1.76. The predicted octanol–water partition coefficient (Wildman–Crippen LogP) is 5.11. The Kier molecular flexibility index (Phi) is 10.7. The van der Waals surface area contributed by atoms with Gasteiger partial charge >= 0.3 is 0 Å². The van der Waals surface area contributed by atoms with E-state index >= 15 is 0 Å². The number of carbonyl (C=O) groups excluding carboxylic acids is 2. The molecule has 4 rings (SSSR count). The molecule has 0 spiro atoms. The highest BCUT2D eigenvalue weighted by Crippen LogP contribution is 2.27. The summed E-state index contributed by atoms with van der Waals surface area (Å²) in [5.74, 6) is -1.05. The molecule has 2 amide bonds. The molecule has 1 unspecified atom stereocenters. The second-order valence-electron chi connectivity index (χ2n) is 10.2. The molecule has 0 aliphatic rings. The highest BCUT2D eigenvalue weighted by Gasteiger charge is 2.34. The van der Waals surface area contributed by atoms with Crippen LogP contribution < -0.4 is 14.4 Å². The minimum atomic E-state index is -4.31. The van der Waals surface area contributed by atoms with Crippen LogP contribution in [0.25, 0.3) is 0 Å². The Morgan fingerprint density at radius 3 is 2.09 bits per heavy atom. The van der Waals surface area contributed by atoms with Gasteiger partial charge in [0, 0.05) is 20.0 Å². The van der Waals surface area contributed by atoms with E-state index in [9.17, 15) is 22.4 Å². The summed E-state index contributed by atoms with van der Waals surface area (Å²) in [7, 11) is -2.81. The molecule has 0 radical (unpaired) electrons. The third-order valence-corrected chi connectivity index (χ3v) is 8.90. The van der Waals surface area contributed by atoms with Crippen molar-refractivity contribution in [3.8, 4) is 5.75 Å². The number of anilines is 1. The quantitative estimate of drug-likeness (QED) is 0.225. The van der Waals surface area contributed by atoms with Gasteiger partial charge < -0.3 is 15.0 Å².